The maximum Gasteiger partial charge on any atom is 0.0508 e. The Kier molecular flexibility index (Phi) is 6.69. The van der Waals surface area contributed by atoms with Crippen molar-refractivity contribution in [2.75, 3.05) is 4.90 Å². The highest BCUT2D eigenvalue weighted by Crippen LogP contribution is 2.53. The highest BCUT2D eigenvalue weighted by Gasteiger charge is 2.38. The van der Waals surface area contributed by atoms with Gasteiger partial charge in [0.2, 0.25) is 0 Å². The fraction of sp³-hybridized carbons (Fsp3) is 0.355. The zero-order chi connectivity index (χ0) is 23.7. The molecule has 1 aliphatic heterocycles. The fourth-order valence-corrected chi connectivity index (χ4v) is 4.67. The van der Waals surface area contributed by atoms with Gasteiger partial charge in [-0.3, -0.25) is 0 Å². The molecule has 0 bridgehead atoms. The monoisotopic (exact) mass is 425 g/mol. The maximum absolute atomic E-state index is 4.14. The minimum absolute atomic E-state index is 0.0939. The van der Waals surface area contributed by atoms with E-state index < -0.39 is 0 Å². The number of para-hydroxylation sites is 1. The number of rotatable bonds is 2. The number of hydrogen-bond acceptors (Lipinski definition) is 1. The van der Waals surface area contributed by atoms with Crippen molar-refractivity contribution in [1.82, 2.24) is 0 Å². The summed E-state index contributed by atoms with van der Waals surface area (Å²) < 4.78 is 0. The molecular weight excluding hydrogens is 386 g/mol. The first-order valence-electron chi connectivity index (χ1n) is 11.8. The second-order valence-electron chi connectivity index (χ2n) is 10.4. The first kappa shape index (κ1) is 23.9. The van der Waals surface area contributed by atoms with Crippen molar-refractivity contribution in [3.8, 4) is 0 Å². The Balaban J connectivity index is 0.000000913. The zero-order valence-electron chi connectivity index (χ0n) is 21.2. The molecule has 0 unspecified atom stereocenters. The SMILES string of the molecule is C=Cc1c(C)ccc2c1C(C)(C)c1ccccc1N2c1ccc(C(C)(C)C)cc1.CCC. The van der Waals surface area contributed by atoms with Crippen LogP contribution in [0.3, 0.4) is 0 Å². The predicted octanol–water partition coefficient (Wildman–Crippen LogP) is 9.46. The minimum atomic E-state index is -0.0939. The highest BCUT2D eigenvalue weighted by molar-refractivity contribution is 5.88. The largest absolute Gasteiger partial charge is 0.310 e. The molecule has 0 atom stereocenters. The fourth-order valence-electron chi connectivity index (χ4n) is 4.67. The van der Waals surface area contributed by atoms with Crippen LogP contribution in [0.2, 0.25) is 0 Å². The van der Waals surface area contributed by atoms with E-state index in [0.717, 1.165) is 0 Å². The van der Waals surface area contributed by atoms with E-state index in [-0.39, 0.29) is 10.8 Å². The van der Waals surface area contributed by atoms with E-state index in [2.05, 4.69) is 128 Å². The number of fused-ring (bicyclic) bond motifs is 2. The minimum Gasteiger partial charge on any atom is -0.310 e. The molecule has 0 N–H and O–H groups in total. The van der Waals surface area contributed by atoms with Gasteiger partial charge in [0.15, 0.2) is 0 Å². The summed E-state index contributed by atoms with van der Waals surface area (Å²) in [5.74, 6) is 0. The third kappa shape index (κ3) is 4.13. The third-order valence-electron chi connectivity index (χ3n) is 6.32. The molecule has 1 nitrogen and oxygen atoms in total. The Morgan fingerprint density at radius 1 is 0.875 bits per heavy atom. The molecule has 0 saturated carbocycles. The molecule has 0 saturated heterocycles. The van der Waals surface area contributed by atoms with E-state index in [1.165, 1.54) is 51.3 Å². The Morgan fingerprint density at radius 2 is 1.47 bits per heavy atom. The number of hydrogen-bond donors (Lipinski definition) is 0. The summed E-state index contributed by atoms with van der Waals surface area (Å²) in [6.07, 6.45) is 3.27. The first-order chi connectivity index (χ1) is 15.1. The van der Waals surface area contributed by atoms with Crippen LogP contribution in [0.1, 0.15) is 82.7 Å². The Labute approximate surface area is 195 Å². The van der Waals surface area contributed by atoms with Gasteiger partial charge in [0.1, 0.15) is 0 Å². The van der Waals surface area contributed by atoms with E-state index in [9.17, 15) is 0 Å². The molecule has 0 fully saturated rings. The summed E-state index contributed by atoms with van der Waals surface area (Å²) in [6, 6.07) is 22.3. The van der Waals surface area contributed by atoms with Gasteiger partial charge >= 0.3 is 0 Å². The van der Waals surface area contributed by atoms with E-state index in [1.54, 1.807) is 0 Å². The molecule has 0 radical (unpaired) electrons. The van der Waals surface area contributed by atoms with Crippen LogP contribution in [0.5, 0.6) is 0 Å². The van der Waals surface area contributed by atoms with Crippen LogP contribution < -0.4 is 4.90 Å². The number of nitrogens with zero attached hydrogens (tertiary/aromatic N) is 1. The zero-order valence-corrected chi connectivity index (χ0v) is 21.2. The summed E-state index contributed by atoms with van der Waals surface area (Å²) in [5.41, 5.74) is 10.3. The van der Waals surface area contributed by atoms with Crippen LogP contribution in [-0.2, 0) is 10.8 Å². The Morgan fingerprint density at radius 3 is 2.03 bits per heavy atom. The van der Waals surface area contributed by atoms with Crippen LogP contribution in [0.25, 0.3) is 6.08 Å². The van der Waals surface area contributed by atoms with Crippen molar-refractivity contribution < 1.29 is 0 Å². The van der Waals surface area contributed by atoms with Crippen molar-refractivity contribution in [2.45, 2.75) is 72.6 Å². The van der Waals surface area contributed by atoms with Gasteiger partial charge in [0.05, 0.1) is 11.4 Å². The molecule has 0 aromatic heterocycles. The molecule has 1 heterocycles. The second-order valence-corrected chi connectivity index (χ2v) is 10.4. The highest BCUT2D eigenvalue weighted by atomic mass is 15.2. The van der Waals surface area contributed by atoms with E-state index in [4.69, 9.17) is 0 Å². The van der Waals surface area contributed by atoms with Crippen LogP contribution in [0.15, 0.2) is 67.2 Å². The molecule has 0 aliphatic carbocycles. The van der Waals surface area contributed by atoms with E-state index in [0.29, 0.717) is 0 Å². The van der Waals surface area contributed by atoms with Crippen LogP contribution in [0, 0.1) is 6.92 Å². The predicted molar refractivity (Wildman–Crippen MR) is 143 cm³/mol. The average Bonchev–Trinajstić information content (AvgIpc) is 2.74. The summed E-state index contributed by atoms with van der Waals surface area (Å²) in [6.45, 7) is 22.0. The van der Waals surface area contributed by atoms with Crippen molar-refractivity contribution in [2.24, 2.45) is 0 Å². The van der Waals surface area contributed by atoms with Crippen molar-refractivity contribution >= 4 is 23.1 Å². The third-order valence-corrected chi connectivity index (χ3v) is 6.32. The number of anilines is 3. The molecule has 3 aromatic carbocycles. The summed E-state index contributed by atoms with van der Waals surface area (Å²) in [5, 5.41) is 0. The van der Waals surface area contributed by atoms with Gasteiger partial charge in [-0.25, -0.2) is 0 Å². The van der Waals surface area contributed by atoms with Crippen LogP contribution >= 0.6 is 0 Å². The molecular formula is C31H39N. The summed E-state index contributed by atoms with van der Waals surface area (Å²) in [4.78, 5) is 2.41. The Hall–Kier alpha value is -2.80. The lowest BCUT2D eigenvalue weighted by molar-refractivity contribution is 0.590. The van der Waals surface area contributed by atoms with E-state index >= 15 is 0 Å². The lowest BCUT2D eigenvalue weighted by atomic mass is 9.71. The lowest BCUT2D eigenvalue weighted by Gasteiger charge is -2.43. The standard InChI is InChI=1S/C28H31N.C3H8/c1-8-22-19(2)13-18-25-26(22)28(6,7)23-11-9-10-12-24(23)29(25)21-16-14-20(15-17-21)27(3,4)5;1-3-2/h8-18H,1H2,2-7H3;3H2,1-2H3. The van der Waals surface area contributed by atoms with Gasteiger partial charge in [-0.15, -0.1) is 0 Å². The number of aryl methyl sites for hydroxylation is 1. The topological polar surface area (TPSA) is 3.24 Å². The smallest absolute Gasteiger partial charge is 0.0508 e. The Bertz CT molecular complexity index is 1090. The van der Waals surface area contributed by atoms with E-state index in [1.807, 2.05) is 6.08 Å². The summed E-state index contributed by atoms with van der Waals surface area (Å²) >= 11 is 0. The maximum atomic E-state index is 4.14. The first-order valence-corrected chi connectivity index (χ1v) is 11.8. The molecule has 3 aromatic rings. The normalized spacial score (nSPS) is 14.1. The molecule has 168 valence electrons. The molecule has 0 amide bonds. The molecule has 4 rings (SSSR count). The molecule has 0 spiro atoms. The molecule has 1 heteroatoms. The van der Waals surface area contributed by atoms with Gasteiger partial charge in [-0.1, -0.05) is 104 Å². The molecule has 1 aliphatic rings. The van der Waals surface area contributed by atoms with Gasteiger partial charge in [0, 0.05) is 11.1 Å². The average molecular weight is 426 g/mol. The van der Waals surface area contributed by atoms with Crippen LogP contribution in [0.4, 0.5) is 17.1 Å². The molecule has 32 heavy (non-hydrogen) atoms. The van der Waals surface area contributed by atoms with Crippen molar-refractivity contribution in [3.05, 3.63) is 95.1 Å². The summed E-state index contributed by atoms with van der Waals surface area (Å²) in [7, 11) is 0. The quantitative estimate of drug-likeness (QED) is 0.395. The second kappa shape index (κ2) is 8.98. The number of benzene rings is 3. The van der Waals surface area contributed by atoms with Crippen LogP contribution in [-0.4, -0.2) is 0 Å². The van der Waals surface area contributed by atoms with Gasteiger partial charge < -0.3 is 4.90 Å². The van der Waals surface area contributed by atoms with Crippen molar-refractivity contribution in [1.29, 1.82) is 0 Å². The van der Waals surface area contributed by atoms with Gasteiger partial charge in [-0.2, -0.15) is 0 Å². The van der Waals surface area contributed by atoms with Crippen molar-refractivity contribution in [3.63, 3.8) is 0 Å². The van der Waals surface area contributed by atoms with Gasteiger partial charge in [0.25, 0.3) is 0 Å². The van der Waals surface area contributed by atoms with Gasteiger partial charge in [-0.05, 0) is 64.4 Å². The lowest BCUT2D eigenvalue weighted by Crippen LogP contribution is -2.31.